The second-order valence-electron chi connectivity index (χ2n) is 12.2. The van der Waals surface area contributed by atoms with E-state index in [9.17, 15) is 14.4 Å². The van der Waals surface area contributed by atoms with Crippen molar-refractivity contribution in [3.8, 4) is 11.5 Å². The van der Waals surface area contributed by atoms with Crippen molar-refractivity contribution in [3.05, 3.63) is 38.5 Å². The van der Waals surface area contributed by atoms with Crippen LogP contribution in [0.3, 0.4) is 0 Å². The third-order valence-electron chi connectivity index (χ3n) is 6.67. The molecule has 3 rings (SSSR count). The van der Waals surface area contributed by atoms with E-state index in [-0.39, 0.29) is 50.8 Å². The summed E-state index contributed by atoms with van der Waals surface area (Å²) in [6.07, 6.45) is 1.52. The van der Waals surface area contributed by atoms with Crippen molar-refractivity contribution in [2.75, 3.05) is 79.9 Å². The molecular formula is C28H43N7O4+2. The molecular weight excluding hydrogens is 498 g/mol. The molecule has 212 valence electrons. The molecule has 0 atom stereocenters. The highest BCUT2D eigenvalue weighted by Gasteiger charge is 2.29. The Morgan fingerprint density at radius 1 is 0.897 bits per heavy atom. The molecule has 0 fully saturated rings. The number of aryl methyl sites for hydroxylation is 1. The number of quaternary nitrogens is 2. The minimum Gasteiger partial charge on any atom is -0.452 e. The zero-order valence-corrected chi connectivity index (χ0v) is 24.4. The molecule has 2 amide bonds. The van der Waals surface area contributed by atoms with Crippen LogP contribution in [0.1, 0.15) is 44.7 Å². The number of nitrogens with one attached hydrogen (secondary N) is 2. The van der Waals surface area contributed by atoms with E-state index in [1.54, 1.807) is 19.9 Å². The Labute approximate surface area is 229 Å². The molecule has 1 aromatic carbocycles. The number of carbonyl (C=O) groups is 2. The van der Waals surface area contributed by atoms with Crippen LogP contribution in [-0.2, 0) is 0 Å². The van der Waals surface area contributed by atoms with E-state index in [4.69, 9.17) is 20.9 Å². The first-order chi connectivity index (χ1) is 18.0. The maximum absolute atomic E-state index is 13.3. The molecule has 1 aromatic rings. The van der Waals surface area contributed by atoms with Gasteiger partial charge in [0.1, 0.15) is 11.2 Å². The minimum absolute atomic E-state index is 0.0553. The first-order valence-corrected chi connectivity index (χ1v) is 13.1. The van der Waals surface area contributed by atoms with Crippen LogP contribution in [0.4, 0.5) is 11.4 Å². The summed E-state index contributed by atoms with van der Waals surface area (Å²) >= 11 is 0. The predicted octanol–water partition coefficient (Wildman–Crippen LogP) is 1.73. The SMILES string of the molecule is Cc1c2oc3c(C)c(N)cc(C(=O)NCCC[N+](C)(C)C)c3nc-2c(C(=O)NCCC[N+](C)(C)C)c(N)c1=O. The first kappa shape index (κ1) is 29.9. The van der Waals surface area contributed by atoms with Gasteiger partial charge in [-0.25, -0.2) is 4.98 Å². The number of hydrogen-bond donors (Lipinski definition) is 4. The summed E-state index contributed by atoms with van der Waals surface area (Å²) in [5.74, 6) is -0.732. The first-order valence-electron chi connectivity index (χ1n) is 13.1. The number of nitrogens with two attached hydrogens (primary N) is 2. The van der Waals surface area contributed by atoms with Gasteiger partial charge in [-0.15, -0.1) is 0 Å². The average Bonchev–Trinajstić information content (AvgIpc) is 2.83. The summed E-state index contributed by atoms with van der Waals surface area (Å²) in [6.45, 7) is 5.94. The van der Waals surface area contributed by atoms with Crippen LogP contribution in [0, 0.1) is 13.8 Å². The van der Waals surface area contributed by atoms with Crippen LogP contribution >= 0.6 is 0 Å². The van der Waals surface area contributed by atoms with Crippen LogP contribution in [0.25, 0.3) is 22.6 Å². The van der Waals surface area contributed by atoms with Gasteiger partial charge in [-0.3, -0.25) is 14.4 Å². The maximum Gasteiger partial charge on any atom is 0.255 e. The summed E-state index contributed by atoms with van der Waals surface area (Å²) in [5.41, 5.74) is 13.7. The lowest BCUT2D eigenvalue weighted by Gasteiger charge is -2.24. The molecule has 0 spiro atoms. The van der Waals surface area contributed by atoms with Crippen molar-refractivity contribution in [1.82, 2.24) is 15.6 Å². The number of benzene rings is 2. The quantitative estimate of drug-likeness (QED) is 0.132. The molecule has 2 aliphatic rings. The van der Waals surface area contributed by atoms with Crippen molar-refractivity contribution in [2.45, 2.75) is 26.7 Å². The monoisotopic (exact) mass is 541 g/mol. The number of fused-ring (bicyclic) bond motifs is 2. The summed E-state index contributed by atoms with van der Waals surface area (Å²) in [6, 6.07) is 1.56. The fourth-order valence-electron chi connectivity index (χ4n) is 4.38. The zero-order chi connectivity index (χ0) is 29.3. The van der Waals surface area contributed by atoms with Gasteiger partial charge >= 0.3 is 0 Å². The Bertz CT molecular complexity index is 1430. The van der Waals surface area contributed by atoms with E-state index in [0.717, 1.165) is 34.9 Å². The molecule has 11 nitrogen and oxygen atoms in total. The Balaban J connectivity index is 2.10. The molecule has 0 bridgehead atoms. The van der Waals surface area contributed by atoms with Gasteiger partial charge in [0, 0.05) is 42.7 Å². The molecule has 1 aliphatic carbocycles. The predicted molar refractivity (Wildman–Crippen MR) is 155 cm³/mol. The van der Waals surface area contributed by atoms with Gasteiger partial charge in [0.2, 0.25) is 5.43 Å². The standard InChI is InChI=1S/C28H41N7O4/c1-16-19(29)15-18(27(37)31-11-9-13-34(3,4)5)22-25(16)39-26-17(2)24(36)21(30)20(23(26)33-22)28(38)32-12-10-14-35(6,7)8/h15H,9-14H2,1-8H3,(H4-2,29,30,31,32,33,36,37,38)/p+2. The Kier molecular flexibility index (Phi) is 8.56. The van der Waals surface area contributed by atoms with Gasteiger partial charge in [0.25, 0.3) is 11.8 Å². The number of nitrogen functional groups attached to an aromatic ring is 2. The number of rotatable bonds is 10. The lowest BCUT2D eigenvalue weighted by atomic mass is 9.99. The van der Waals surface area contributed by atoms with Gasteiger partial charge in [0.15, 0.2) is 11.3 Å². The normalized spacial score (nSPS) is 12.2. The summed E-state index contributed by atoms with van der Waals surface area (Å²) in [7, 11) is 12.5. The minimum atomic E-state index is -0.517. The van der Waals surface area contributed by atoms with Gasteiger partial charge in [0.05, 0.1) is 72.2 Å². The van der Waals surface area contributed by atoms with E-state index < -0.39 is 11.3 Å². The lowest BCUT2D eigenvalue weighted by Crippen LogP contribution is -2.37. The Morgan fingerprint density at radius 2 is 1.44 bits per heavy atom. The average molecular weight is 542 g/mol. The number of aromatic nitrogens is 1. The third kappa shape index (κ3) is 6.85. The van der Waals surface area contributed by atoms with Crippen LogP contribution in [-0.4, -0.2) is 94.2 Å². The molecule has 11 heteroatoms. The second-order valence-corrected chi connectivity index (χ2v) is 12.2. The third-order valence-corrected chi connectivity index (χ3v) is 6.67. The van der Waals surface area contributed by atoms with Crippen LogP contribution < -0.4 is 27.5 Å². The number of carbonyl (C=O) groups excluding carboxylic acids is 2. The van der Waals surface area contributed by atoms with Crippen molar-refractivity contribution < 1.29 is 23.0 Å². The smallest absolute Gasteiger partial charge is 0.255 e. The van der Waals surface area contributed by atoms with Gasteiger partial charge in [-0.2, -0.15) is 0 Å². The van der Waals surface area contributed by atoms with Crippen molar-refractivity contribution >= 4 is 34.3 Å². The van der Waals surface area contributed by atoms with E-state index in [2.05, 4.69) is 52.9 Å². The number of nitrogens with zero attached hydrogens (tertiary/aromatic N) is 3. The summed E-state index contributed by atoms with van der Waals surface area (Å²) < 4.78 is 7.72. The highest BCUT2D eigenvalue weighted by molar-refractivity contribution is 6.09. The molecule has 0 saturated carbocycles. The Morgan fingerprint density at radius 3 is 1.97 bits per heavy atom. The van der Waals surface area contributed by atoms with E-state index in [1.165, 1.54) is 0 Å². The van der Waals surface area contributed by atoms with Crippen molar-refractivity contribution in [3.63, 3.8) is 0 Å². The topological polar surface area (TPSA) is 153 Å². The summed E-state index contributed by atoms with van der Waals surface area (Å²) in [4.78, 5) is 44.2. The number of amides is 2. The molecule has 6 N–H and O–H groups in total. The van der Waals surface area contributed by atoms with E-state index in [0.29, 0.717) is 24.3 Å². The second kappa shape index (κ2) is 11.2. The highest BCUT2D eigenvalue weighted by Crippen LogP contribution is 2.36. The number of hydrogen-bond acceptors (Lipinski definition) is 7. The maximum atomic E-state index is 13.3. The lowest BCUT2D eigenvalue weighted by molar-refractivity contribution is -0.870. The number of anilines is 2. The van der Waals surface area contributed by atoms with Gasteiger partial charge in [-0.05, 0) is 19.9 Å². The van der Waals surface area contributed by atoms with Crippen LogP contribution in [0.5, 0.6) is 0 Å². The molecule has 0 unspecified atom stereocenters. The molecule has 39 heavy (non-hydrogen) atoms. The van der Waals surface area contributed by atoms with Gasteiger partial charge < -0.3 is 35.5 Å². The zero-order valence-electron chi connectivity index (χ0n) is 24.4. The summed E-state index contributed by atoms with van der Waals surface area (Å²) in [5, 5.41) is 5.79. The fourth-order valence-corrected chi connectivity index (χ4v) is 4.38. The van der Waals surface area contributed by atoms with E-state index >= 15 is 0 Å². The van der Waals surface area contributed by atoms with Crippen LogP contribution in [0.15, 0.2) is 15.3 Å². The van der Waals surface area contributed by atoms with Gasteiger partial charge in [-0.1, -0.05) is 0 Å². The molecule has 1 aliphatic heterocycles. The fraction of sp³-hybridized carbons (Fsp3) is 0.500. The largest absolute Gasteiger partial charge is 0.452 e. The molecule has 1 heterocycles. The molecule has 0 saturated heterocycles. The van der Waals surface area contributed by atoms with Crippen LogP contribution in [0.2, 0.25) is 0 Å². The molecule has 0 aromatic heterocycles. The highest BCUT2D eigenvalue weighted by atomic mass is 16.3. The van der Waals surface area contributed by atoms with E-state index in [1.807, 2.05) is 0 Å². The molecule has 0 radical (unpaired) electrons. The van der Waals surface area contributed by atoms with Crippen molar-refractivity contribution in [1.29, 1.82) is 0 Å². The Hall–Kier alpha value is -3.70. The van der Waals surface area contributed by atoms with Crippen molar-refractivity contribution in [2.24, 2.45) is 0 Å².